The molecular weight excluding hydrogens is 396 g/mol. The molecule has 148 valence electrons. The van der Waals surface area contributed by atoms with Crippen molar-refractivity contribution in [3.63, 3.8) is 0 Å². The van der Waals surface area contributed by atoms with Gasteiger partial charge in [0.25, 0.3) is 11.5 Å². The summed E-state index contributed by atoms with van der Waals surface area (Å²) in [4.78, 5) is 30.0. The fraction of sp³-hybridized carbons (Fsp3) is 0.0435. The van der Waals surface area contributed by atoms with Crippen LogP contribution in [0.1, 0.15) is 5.56 Å². The predicted molar refractivity (Wildman–Crippen MR) is 120 cm³/mol. The number of hydrogen-bond acceptors (Lipinski definition) is 5. The topological polar surface area (TPSA) is 76.3 Å². The number of rotatable bonds is 6. The molecule has 0 radical (unpaired) electrons. The SMILES string of the molecule is O=C(CSc1nc2ccccc2c(=O)n1-c1ccccc1)NN=Cc1ccccc1. The largest absolute Gasteiger partial charge is 0.272 e. The van der Waals surface area contributed by atoms with Crippen molar-refractivity contribution in [2.75, 3.05) is 5.75 Å². The third-order valence-electron chi connectivity index (χ3n) is 4.29. The fourth-order valence-electron chi connectivity index (χ4n) is 2.89. The monoisotopic (exact) mass is 414 g/mol. The van der Waals surface area contributed by atoms with E-state index in [9.17, 15) is 9.59 Å². The Kier molecular flexibility index (Phi) is 6.01. The second kappa shape index (κ2) is 9.19. The molecule has 7 heteroatoms. The van der Waals surface area contributed by atoms with Gasteiger partial charge in [0.2, 0.25) is 0 Å². The lowest BCUT2D eigenvalue weighted by molar-refractivity contribution is -0.118. The summed E-state index contributed by atoms with van der Waals surface area (Å²) < 4.78 is 1.54. The van der Waals surface area contributed by atoms with E-state index in [4.69, 9.17) is 0 Å². The summed E-state index contributed by atoms with van der Waals surface area (Å²) in [6.45, 7) is 0. The van der Waals surface area contributed by atoms with Gasteiger partial charge in [-0.25, -0.2) is 10.4 Å². The molecule has 1 amide bonds. The quantitative estimate of drug-likeness (QED) is 0.226. The van der Waals surface area contributed by atoms with Crippen LogP contribution in [0.2, 0.25) is 0 Å². The predicted octanol–water partition coefficient (Wildman–Crippen LogP) is 3.63. The third kappa shape index (κ3) is 4.47. The Morgan fingerprint density at radius 3 is 2.40 bits per heavy atom. The molecule has 4 aromatic rings. The molecule has 0 fully saturated rings. The van der Waals surface area contributed by atoms with Gasteiger partial charge in [0.05, 0.1) is 28.6 Å². The molecule has 0 saturated heterocycles. The first kappa shape index (κ1) is 19.6. The molecule has 0 atom stereocenters. The first-order valence-corrected chi connectivity index (χ1v) is 10.3. The van der Waals surface area contributed by atoms with E-state index in [1.165, 1.54) is 16.3 Å². The Bertz CT molecular complexity index is 1250. The summed E-state index contributed by atoms with van der Waals surface area (Å²) in [6.07, 6.45) is 1.58. The zero-order valence-electron chi connectivity index (χ0n) is 15.9. The van der Waals surface area contributed by atoms with E-state index < -0.39 is 0 Å². The maximum atomic E-state index is 13.1. The molecule has 0 spiro atoms. The van der Waals surface area contributed by atoms with E-state index in [1.807, 2.05) is 72.8 Å². The fourth-order valence-corrected chi connectivity index (χ4v) is 3.70. The molecule has 1 N–H and O–H groups in total. The van der Waals surface area contributed by atoms with Crippen LogP contribution < -0.4 is 11.0 Å². The summed E-state index contributed by atoms with van der Waals surface area (Å²) in [5.74, 6) is -0.210. The van der Waals surface area contributed by atoms with Crippen LogP contribution in [0.15, 0.2) is 100.0 Å². The van der Waals surface area contributed by atoms with Crippen LogP contribution in [0, 0.1) is 0 Å². The van der Waals surface area contributed by atoms with Crippen molar-refractivity contribution in [2.24, 2.45) is 5.10 Å². The van der Waals surface area contributed by atoms with Crippen LogP contribution in [0.4, 0.5) is 0 Å². The number of fused-ring (bicyclic) bond motifs is 1. The van der Waals surface area contributed by atoms with Crippen LogP contribution in [0.5, 0.6) is 0 Å². The molecule has 1 heterocycles. The molecule has 0 aliphatic rings. The highest BCUT2D eigenvalue weighted by Gasteiger charge is 2.14. The molecule has 1 aromatic heterocycles. The second-order valence-corrected chi connectivity index (χ2v) is 7.32. The lowest BCUT2D eigenvalue weighted by atomic mass is 10.2. The number of carbonyl (C=O) groups excluding carboxylic acids is 1. The maximum absolute atomic E-state index is 13.1. The van der Waals surface area contributed by atoms with Gasteiger partial charge in [-0.15, -0.1) is 0 Å². The van der Waals surface area contributed by atoms with Gasteiger partial charge in [0.15, 0.2) is 5.16 Å². The normalized spacial score (nSPS) is 11.1. The summed E-state index contributed by atoms with van der Waals surface area (Å²) in [5.41, 5.74) is 4.52. The molecule has 3 aromatic carbocycles. The van der Waals surface area contributed by atoms with E-state index in [0.29, 0.717) is 21.7 Å². The highest BCUT2D eigenvalue weighted by molar-refractivity contribution is 7.99. The number of hydrogen-bond donors (Lipinski definition) is 1. The minimum Gasteiger partial charge on any atom is -0.272 e. The minimum atomic E-state index is -0.283. The van der Waals surface area contributed by atoms with Gasteiger partial charge in [-0.05, 0) is 29.8 Å². The number of para-hydroxylation sites is 2. The lowest BCUT2D eigenvalue weighted by Gasteiger charge is -2.12. The van der Waals surface area contributed by atoms with E-state index in [2.05, 4.69) is 15.5 Å². The Hall–Kier alpha value is -3.71. The molecule has 0 aliphatic heterocycles. The molecule has 6 nitrogen and oxygen atoms in total. The number of carbonyl (C=O) groups is 1. The average Bonchev–Trinajstić information content (AvgIpc) is 2.79. The number of aromatic nitrogens is 2. The minimum absolute atomic E-state index is 0.0732. The summed E-state index contributed by atoms with van der Waals surface area (Å²) in [6, 6.07) is 26.0. The Labute approximate surface area is 177 Å². The molecule has 0 saturated carbocycles. The molecule has 4 rings (SSSR count). The van der Waals surface area contributed by atoms with Gasteiger partial charge in [0, 0.05) is 0 Å². The van der Waals surface area contributed by atoms with Crippen molar-refractivity contribution in [2.45, 2.75) is 5.16 Å². The first-order chi connectivity index (χ1) is 14.7. The molecule has 0 aliphatic carbocycles. The molecule has 0 unspecified atom stereocenters. The first-order valence-electron chi connectivity index (χ1n) is 9.29. The molecule has 0 bridgehead atoms. The molecule has 30 heavy (non-hydrogen) atoms. The number of thioether (sulfide) groups is 1. The number of amides is 1. The standard InChI is InChI=1S/C23H18N4O2S/c28-21(26-24-15-17-9-3-1-4-10-17)16-30-23-25-20-14-8-7-13-19(20)22(29)27(23)18-11-5-2-6-12-18/h1-15H,16H2,(H,26,28). The van der Waals surface area contributed by atoms with Crippen LogP contribution >= 0.6 is 11.8 Å². The van der Waals surface area contributed by atoms with Crippen LogP contribution in [0.3, 0.4) is 0 Å². The van der Waals surface area contributed by atoms with Crippen LogP contribution in [0.25, 0.3) is 16.6 Å². The second-order valence-electron chi connectivity index (χ2n) is 6.38. The Morgan fingerprint density at radius 1 is 0.967 bits per heavy atom. The van der Waals surface area contributed by atoms with Gasteiger partial charge in [-0.2, -0.15) is 5.10 Å². The van der Waals surface area contributed by atoms with Gasteiger partial charge in [-0.3, -0.25) is 14.2 Å². The van der Waals surface area contributed by atoms with E-state index in [1.54, 1.807) is 18.3 Å². The van der Waals surface area contributed by atoms with Gasteiger partial charge in [0.1, 0.15) is 0 Å². The van der Waals surface area contributed by atoms with Crippen molar-refractivity contribution in [3.8, 4) is 5.69 Å². The van der Waals surface area contributed by atoms with Crippen molar-refractivity contribution >= 4 is 34.8 Å². The van der Waals surface area contributed by atoms with E-state index >= 15 is 0 Å². The number of hydrazone groups is 1. The summed E-state index contributed by atoms with van der Waals surface area (Å²) in [7, 11) is 0. The van der Waals surface area contributed by atoms with E-state index in [-0.39, 0.29) is 17.2 Å². The Morgan fingerprint density at radius 2 is 1.63 bits per heavy atom. The Balaban J connectivity index is 1.57. The van der Waals surface area contributed by atoms with Crippen molar-refractivity contribution < 1.29 is 4.79 Å². The van der Waals surface area contributed by atoms with Crippen LogP contribution in [-0.4, -0.2) is 27.4 Å². The van der Waals surface area contributed by atoms with Crippen molar-refractivity contribution in [1.82, 2.24) is 15.0 Å². The maximum Gasteiger partial charge on any atom is 0.266 e. The summed E-state index contributed by atoms with van der Waals surface area (Å²) in [5, 5.41) is 4.96. The van der Waals surface area contributed by atoms with Gasteiger partial charge < -0.3 is 0 Å². The van der Waals surface area contributed by atoms with Crippen LogP contribution in [-0.2, 0) is 4.79 Å². The lowest BCUT2D eigenvalue weighted by Crippen LogP contribution is -2.24. The molecular formula is C23H18N4O2S. The van der Waals surface area contributed by atoms with E-state index in [0.717, 1.165) is 5.56 Å². The smallest absolute Gasteiger partial charge is 0.266 e. The number of nitrogens with one attached hydrogen (secondary N) is 1. The average molecular weight is 414 g/mol. The number of nitrogens with zero attached hydrogens (tertiary/aromatic N) is 3. The van der Waals surface area contributed by atoms with Crippen molar-refractivity contribution in [3.05, 3.63) is 101 Å². The van der Waals surface area contributed by atoms with Crippen molar-refractivity contribution in [1.29, 1.82) is 0 Å². The zero-order chi connectivity index (χ0) is 20.8. The number of benzene rings is 3. The summed E-state index contributed by atoms with van der Waals surface area (Å²) >= 11 is 1.19. The third-order valence-corrected chi connectivity index (χ3v) is 5.23. The van der Waals surface area contributed by atoms with Gasteiger partial charge >= 0.3 is 0 Å². The van der Waals surface area contributed by atoms with Gasteiger partial charge in [-0.1, -0.05) is 72.4 Å². The highest BCUT2D eigenvalue weighted by atomic mass is 32.2. The highest BCUT2D eigenvalue weighted by Crippen LogP contribution is 2.21. The zero-order valence-corrected chi connectivity index (χ0v) is 16.8.